The third-order valence-electron chi connectivity index (χ3n) is 3.55. The van der Waals surface area contributed by atoms with Gasteiger partial charge in [-0.15, -0.1) is 11.8 Å². The van der Waals surface area contributed by atoms with Crippen molar-refractivity contribution in [2.45, 2.75) is 24.8 Å². The molecule has 2 N–H and O–H groups in total. The molecule has 8 heteroatoms. The number of carbonyl (C=O) groups excluding carboxylic acids is 1. The number of piperidine rings is 1. The van der Waals surface area contributed by atoms with Gasteiger partial charge in [-0.2, -0.15) is 4.98 Å². The number of likely N-dealkylation sites (tertiary alicyclic amines) is 1. The van der Waals surface area contributed by atoms with Crippen molar-refractivity contribution in [3.63, 3.8) is 0 Å². The lowest BCUT2D eigenvalue weighted by Crippen LogP contribution is -2.43. The highest BCUT2D eigenvalue weighted by molar-refractivity contribution is 7.98. The zero-order chi connectivity index (χ0) is 15.6. The largest absolute Gasteiger partial charge is 0.481 e. The predicted molar refractivity (Wildman–Crippen MR) is 77.6 cm³/mol. The fourth-order valence-electron chi connectivity index (χ4n) is 2.48. The van der Waals surface area contributed by atoms with E-state index in [1.165, 1.54) is 16.7 Å². The van der Waals surface area contributed by atoms with Crippen LogP contribution in [0.25, 0.3) is 0 Å². The number of rotatable bonds is 3. The van der Waals surface area contributed by atoms with E-state index in [9.17, 15) is 14.4 Å². The van der Waals surface area contributed by atoms with Crippen molar-refractivity contribution >= 4 is 23.6 Å². The summed E-state index contributed by atoms with van der Waals surface area (Å²) in [5.41, 5.74) is 0.324. The second kappa shape index (κ2) is 6.30. The molecule has 0 saturated carbocycles. The maximum atomic E-state index is 12.6. The highest BCUT2D eigenvalue weighted by Crippen LogP contribution is 2.23. The summed E-state index contributed by atoms with van der Waals surface area (Å²) >= 11 is 1.23. The van der Waals surface area contributed by atoms with Gasteiger partial charge in [0.05, 0.1) is 11.5 Å². The number of H-pyrrole nitrogens is 1. The Morgan fingerprint density at radius 2 is 2.19 bits per heavy atom. The van der Waals surface area contributed by atoms with Gasteiger partial charge in [0.25, 0.3) is 5.91 Å². The molecule has 1 atom stereocenters. The summed E-state index contributed by atoms with van der Waals surface area (Å²) in [5, 5.41) is 9.47. The second-order valence-corrected chi connectivity index (χ2v) is 5.77. The number of carboxylic acids is 1. The summed E-state index contributed by atoms with van der Waals surface area (Å²) in [5.74, 6) is -1.68. The fraction of sp³-hybridized carbons (Fsp3) is 0.538. The van der Waals surface area contributed by atoms with E-state index in [0.29, 0.717) is 35.7 Å². The van der Waals surface area contributed by atoms with E-state index in [4.69, 9.17) is 5.11 Å². The van der Waals surface area contributed by atoms with Crippen molar-refractivity contribution in [1.29, 1.82) is 0 Å². The SMILES string of the molecule is CSc1nc(=O)[nH]c(C)c1C(=O)N1CCCC(C(=O)O)C1. The number of amides is 1. The number of aromatic amines is 1. The molecule has 1 unspecified atom stereocenters. The summed E-state index contributed by atoms with van der Waals surface area (Å²) in [6, 6.07) is 0. The lowest BCUT2D eigenvalue weighted by molar-refractivity contribution is -0.143. The molecule has 21 heavy (non-hydrogen) atoms. The van der Waals surface area contributed by atoms with Crippen LogP contribution >= 0.6 is 11.8 Å². The monoisotopic (exact) mass is 311 g/mol. The molecule has 1 aromatic rings. The van der Waals surface area contributed by atoms with Gasteiger partial charge in [0.2, 0.25) is 0 Å². The zero-order valence-electron chi connectivity index (χ0n) is 11.9. The van der Waals surface area contributed by atoms with Gasteiger partial charge in [-0.05, 0) is 26.0 Å². The Morgan fingerprint density at radius 3 is 2.81 bits per heavy atom. The molecule has 1 saturated heterocycles. The quantitative estimate of drug-likeness (QED) is 0.630. The molecule has 0 aliphatic carbocycles. The first-order valence-electron chi connectivity index (χ1n) is 6.61. The van der Waals surface area contributed by atoms with E-state index in [1.807, 2.05) is 0 Å². The van der Waals surface area contributed by atoms with Crippen LogP contribution in [-0.4, -0.2) is 51.2 Å². The van der Waals surface area contributed by atoms with E-state index in [2.05, 4.69) is 9.97 Å². The molecule has 2 rings (SSSR count). The van der Waals surface area contributed by atoms with E-state index in [-0.39, 0.29) is 12.5 Å². The third-order valence-corrected chi connectivity index (χ3v) is 4.23. The molecule has 1 amide bonds. The van der Waals surface area contributed by atoms with Gasteiger partial charge in [-0.3, -0.25) is 9.59 Å². The second-order valence-electron chi connectivity index (χ2n) is 4.98. The summed E-state index contributed by atoms with van der Waals surface area (Å²) in [6.07, 6.45) is 2.98. The summed E-state index contributed by atoms with van der Waals surface area (Å²) in [6.45, 7) is 2.37. The molecule has 2 heterocycles. The Bertz CT molecular complexity index is 628. The maximum Gasteiger partial charge on any atom is 0.346 e. The summed E-state index contributed by atoms with van der Waals surface area (Å²) in [4.78, 5) is 43.0. The number of nitrogens with one attached hydrogen (secondary N) is 1. The summed E-state index contributed by atoms with van der Waals surface area (Å²) in [7, 11) is 0. The number of aromatic nitrogens is 2. The third kappa shape index (κ3) is 3.26. The Morgan fingerprint density at radius 1 is 1.48 bits per heavy atom. The van der Waals surface area contributed by atoms with Gasteiger partial charge in [-0.25, -0.2) is 4.79 Å². The Hall–Kier alpha value is -1.83. The molecule has 1 fully saturated rings. The fourth-order valence-corrected chi connectivity index (χ4v) is 3.10. The molecular weight excluding hydrogens is 294 g/mol. The Kier molecular flexibility index (Phi) is 4.66. The average molecular weight is 311 g/mol. The average Bonchev–Trinajstić information content (AvgIpc) is 2.45. The van der Waals surface area contributed by atoms with Crippen molar-refractivity contribution < 1.29 is 14.7 Å². The molecule has 1 aliphatic heterocycles. The molecule has 114 valence electrons. The minimum absolute atomic E-state index is 0.195. The van der Waals surface area contributed by atoms with Crippen LogP contribution in [-0.2, 0) is 4.79 Å². The lowest BCUT2D eigenvalue weighted by atomic mass is 9.97. The molecular formula is C13H17N3O4S. The number of aryl methyl sites for hydroxylation is 1. The minimum Gasteiger partial charge on any atom is -0.481 e. The van der Waals surface area contributed by atoms with E-state index in [0.717, 1.165) is 0 Å². The predicted octanol–water partition coefficient (Wildman–Crippen LogP) is 0.737. The molecule has 0 radical (unpaired) electrons. The maximum absolute atomic E-state index is 12.6. The van der Waals surface area contributed by atoms with Gasteiger partial charge in [-0.1, -0.05) is 0 Å². The van der Waals surface area contributed by atoms with Gasteiger partial charge in [0.1, 0.15) is 5.03 Å². The highest BCUT2D eigenvalue weighted by Gasteiger charge is 2.30. The first kappa shape index (κ1) is 15.6. The first-order valence-corrected chi connectivity index (χ1v) is 7.83. The number of hydrogen-bond donors (Lipinski definition) is 2. The molecule has 1 aromatic heterocycles. The first-order chi connectivity index (χ1) is 9.93. The molecule has 1 aliphatic rings. The minimum atomic E-state index is -0.881. The molecule has 0 bridgehead atoms. The number of aliphatic carboxylic acids is 1. The van der Waals surface area contributed by atoms with Gasteiger partial charge >= 0.3 is 11.7 Å². The molecule has 7 nitrogen and oxygen atoms in total. The van der Waals surface area contributed by atoms with Crippen molar-refractivity contribution in [2.24, 2.45) is 5.92 Å². The van der Waals surface area contributed by atoms with Gasteiger partial charge in [0, 0.05) is 18.8 Å². The highest BCUT2D eigenvalue weighted by atomic mass is 32.2. The number of nitrogens with zero attached hydrogens (tertiary/aromatic N) is 2. The Balaban J connectivity index is 2.32. The van der Waals surface area contributed by atoms with Crippen LogP contribution in [0.1, 0.15) is 28.9 Å². The lowest BCUT2D eigenvalue weighted by Gasteiger charge is -2.31. The van der Waals surface area contributed by atoms with Crippen LogP contribution in [0.3, 0.4) is 0 Å². The van der Waals surface area contributed by atoms with Crippen molar-refractivity contribution in [2.75, 3.05) is 19.3 Å². The van der Waals surface area contributed by atoms with Crippen LogP contribution < -0.4 is 5.69 Å². The van der Waals surface area contributed by atoms with Gasteiger partial charge < -0.3 is 15.0 Å². The topological polar surface area (TPSA) is 103 Å². The zero-order valence-corrected chi connectivity index (χ0v) is 12.7. The van der Waals surface area contributed by atoms with Crippen molar-refractivity contribution in [1.82, 2.24) is 14.9 Å². The van der Waals surface area contributed by atoms with Crippen LogP contribution in [0.4, 0.5) is 0 Å². The van der Waals surface area contributed by atoms with Crippen LogP contribution in [0, 0.1) is 12.8 Å². The van der Waals surface area contributed by atoms with E-state index in [1.54, 1.807) is 13.2 Å². The number of hydrogen-bond acceptors (Lipinski definition) is 5. The number of thioether (sulfide) groups is 1. The van der Waals surface area contributed by atoms with E-state index < -0.39 is 17.6 Å². The van der Waals surface area contributed by atoms with Crippen LogP contribution in [0.5, 0.6) is 0 Å². The molecule has 0 aromatic carbocycles. The number of carbonyl (C=O) groups is 2. The molecule has 0 spiro atoms. The van der Waals surface area contributed by atoms with Gasteiger partial charge in [0.15, 0.2) is 0 Å². The van der Waals surface area contributed by atoms with Crippen LogP contribution in [0.2, 0.25) is 0 Å². The normalized spacial score (nSPS) is 18.6. The Labute approximate surface area is 125 Å². The smallest absolute Gasteiger partial charge is 0.346 e. The van der Waals surface area contributed by atoms with Crippen molar-refractivity contribution in [3.05, 3.63) is 21.7 Å². The number of carboxylic acid groups (broad SMARTS) is 1. The van der Waals surface area contributed by atoms with E-state index >= 15 is 0 Å². The summed E-state index contributed by atoms with van der Waals surface area (Å²) < 4.78 is 0. The van der Waals surface area contributed by atoms with Crippen LogP contribution in [0.15, 0.2) is 9.82 Å². The van der Waals surface area contributed by atoms with Crippen molar-refractivity contribution in [3.8, 4) is 0 Å². The standard InChI is InChI=1S/C13H17N3O4S/c1-7-9(10(21-2)15-13(20)14-7)11(17)16-5-3-4-8(6-16)12(18)19/h8H,3-6H2,1-2H3,(H,18,19)(H,14,15,20).